The lowest BCUT2D eigenvalue weighted by Gasteiger charge is -2.10. The Kier molecular flexibility index (Phi) is 2.42. The second-order valence-corrected chi connectivity index (χ2v) is 3.74. The van der Waals surface area contributed by atoms with Gasteiger partial charge in [0.1, 0.15) is 11.3 Å². The van der Waals surface area contributed by atoms with Gasteiger partial charge in [0.05, 0.1) is 5.88 Å². The molecule has 3 nitrogen and oxygen atoms in total. The van der Waals surface area contributed by atoms with E-state index in [4.69, 9.17) is 11.6 Å². The average molecular weight is 210 g/mol. The van der Waals surface area contributed by atoms with Crippen LogP contribution >= 0.6 is 11.6 Å². The Morgan fingerprint density at radius 1 is 1.50 bits per heavy atom. The minimum absolute atomic E-state index is 0.337. The first-order valence-corrected chi connectivity index (χ1v) is 5.15. The summed E-state index contributed by atoms with van der Waals surface area (Å²) in [5.41, 5.74) is 1.83. The highest BCUT2D eigenvalue weighted by molar-refractivity contribution is 6.16. The third-order valence-electron chi connectivity index (χ3n) is 2.16. The molecule has 0 aliphatic heterocycles. The number of hydrogen-bond acceptors (Lipinski definition) is 2. The van der Waals surface area contributed by atoms with Gasteiger partial charge in [-0.15, -0.1) is 11.6 Å². The molecule has 0 spiro atoms. The molecule has 0 radical (unpaired) electrons. The molecule has 0 amide bonds. The van der Waals surface area contributed by atoms with Gasteiger partial charge >= 0.3 is 0 Å². The number of nitrogens with zero attached hydrogens (tertiary/aromatic N) is 3. The zero-order valence-corrected chi connectivity index (χ0v) is 8.99. The molecule has 0 atom stereocenters. The van der Waals surface area contributed by atoms with E-state index in [-0.39, 0.29) is 0 Å². The summed E-state index contributed by atoms with van der Waals surface area (Å²) < 4.78 is 2.07. The van der Waals surface area contributed by atoms with Gasteiger partial charge in [0, 0.05) is 12.2 Å². The number of halogens is 1. The first-order valence-electron chi connectivity index (χ1n) is 4.62. The fourth-order valence-corrected chi connectivity index (χ4v) is 1.80. The van der Waals surface area contributed by atoms with E-state index in [1.54, 1.807) is 6.20 Å². The topological polar surface area (TPSA) is 30.7 Å². The molecule has 74 valence electrons. The molecule has 4 heteroatoms. The summed E-state index contributed by atoms with van der Waals surface area (Å²) >= 11 is 5.84. The molecule has 14 heavy (non-hydrogen) atoms. The second kappa shape index (κ2) is 3.58. The van der Waals surface area contributed by atoms with Crippen molar-refractivity contribution >= 4 is 22.8 Å². The maximum atomic E-state index is 5.84. The van der Waals surface area contributed by atoms with Crippen molar-refractivity contribution in [3.05, 3.63) is 24.2 Å². The van der Waals surface area contributed by atoms with Crippen LogP contribution in [0.15, 0.2) is 18.3 Å². The largest absolute Gasteiger partial charge is 0.309 e. The van der Waals surface area contributed by atoms with Crippen LogP contribution in [0.2, 0.25) is 0 Å². The minimum atomic E-state index is 0.337. The first kappa shape index (κ1) is 9.46. The number of fused-ring (bicyclic) bond motifs is 1. The zero-order chi connectivity index (χ0) is 10.1. The molecule has 0 bridgehead atoms. The molecule has 0 saturated heterocycles. The molecule has 0 saturated carbocycles. The number of hydrogen-bond donors (Lipinski definition) is 0. The van der Waals surface area contributed by atoms with Crippen LogP contribution in [-0.4, -0.2) is 14.5 Å². The van der Waals surface area contributed by atoms with Crippen LogP contribution in [0.25, 0.3) is 11.2 Å². The van der Waals surface area contributed by atoms with Gasteiger partial charge in [-0.25, -0.2) is 9.97 Å². The average Bonchev–Trinajstić information content (AvgIpc) is 2.55. The van der Waals surface area contributed by atoms with Crippen molar-refractivity contribution in [1.29, 1.82) is 0 Å². The van der Waals surface area contributed by atoms with E-state index in [1.165, 1.54) is 0 Å². The molecular formula is C10H12ClN3. The van der Waals surface area contributed by atoms with Crippen LogP contribution in [0.4, 0.5) is 0 Å². The Balaban J connectivity index is 2.74. The van der Waals surface area contributed by atoms with Crippen LogP contribution in [0.5, 0.6) is 0 Å². The molecule has 0 N–H and O–H groups in total. The normalized spacial score (nSPS) is 11.4. The third-order valence-corrected chi connectivity index (χ3v) is 2.40. The van der Waals surface area contributed by atoms with Gasteiger partial charge in [-0.05, 0) is 26.0 Å². The van der Waals surface area contributed by atoms with Gasteiger partial charge in [0.15, 0.2) is 5.65 Å². The Morgan fingerprint density at radius 3 is 2.93 bits per heavy atom. The van der Waals surface area contributed by atoms with Crippen LogP contribution in [0.1, 0.15) is 25.7 Å². The molecular weight excluding hydrogens is 198 g/mol. The second-order valence-electron chi connectivity index (χ2n) is 3.47. The predicted octanol–water partition coefficient (Wildman–Crippen LogP) is 2.75. The van der Waals surface area contributed by atoms with Gasteiger partial charge in [-0.2, -0.15) is 0 Å². The molecule has 0 unspecified atom stereocenters. The number of imidazole rings is 1. The summed E-state index contributed by atoms with van der Waals surface area (Å²) in [6.07, 6.45) is 1.78. The summed E-state index contributed by atoms with van der Waals surface area (Å²) in [6, 6.07) is 4.18. The summed E-state index contributed by atoms with van der Waals surface area (Å²) in [4.78, 5) is 8.73. The van der Waals surface area contributed by atoms with Crippen molar-refractivity contribution < 1.29 is 0 Å². The number of pyridine rings is 1. The summed E-state index contributed by atoms with van der Waals surface area (Å²) in [5.74, 6) is 1.31. The third kappa shape index (κ3) is 1.38. The summed E-state index contributed by atoms with van der Waals surface area (Å²) in [7, 11) is 0. The lowest BCUT2D eigenvalue weighted by Crippen LogP contribution is -2.05. The van der Waals surface area contributed by atoms with Crippen molar-refractivity contribution in [2.75, 3.05) is 0 Å². The van der Waals surface area contributed by atoms with Crippen LogP contribution < -0.4 is 0 Å². The van der Waals surface area contributed by atoms with Crippen LogP contribution in [0, 0.1) is 0 Å². The van der Waals surface area contributed by atoms with E-state index in [9.17, 15) is 0 Å². The van der Waals surface area contributed by atoms with E-state index < -0.39 is 0 Å². The molecule has 2 aromatic rings. The van der Waals surface area contributed by atoms with E-state index >= 15 is 0 Å². The summed E-state index contributed by atoms with van der Waals surface area (Å²) in [6.45, 7) is 4.21. The lowest BCUT2D eigenvalue weighted by atomic mass is 10.3. The van der Waals surface area contributed by atoms with E-state index in [1.807, 2.05) is 12.1 Å². The molecule has 0 aliphatic carbocycles. The van der Waals surface area contributed by atoms with Crippen molar-refractivity contribution in [1.82, 2.24) is 14.5 Å². The molecule has 0 aliphatic rings. The number of aromatic nitrogens is 3. The van der Waals surface area contributed by atoms with Gasteiger partial charge in [0.2, 0.25) is 0 Å². The molecule has 2 aromatic heterocycles. The highest BCUT2D eigenvalue weighted by atomic mass is 35.5. The van der Waals surface area contributed by atoms with Crippen molar-refractivity contribution in [2.45, 2.75) is 25.8 Å². The lowest BCUT2D eigenvalue weighted by molar-refractivity contribution is 0.592. The number of alkyl halides is 1. The highest BCUT2D eigenvalue weighted by Crippen LogP contribution is 2.19. The van der Waals surface area contributed by atoms with Gasteiger partial charge in [-0.1, -0.05) is 0 Å². The molecule has 0 fully saturated rings. The van der Waals surface area contributed by atoms with Crippen molar-refractivity contribution in [3.63, 3.8) is 0 Å². The van der Waals surface area contributed by atoms with Crippen molar-refractivity contribution in [2.24, 2.45) is 0 Å². The van der Waals surface area contributed by atoms with E-state index in [0.29, 0.717) is 11.9 Å². The monoisotopic (exact) mass is 209 g/mol. The van der Waals surface area contributed by atoms with Gasteiger partial charge in [-0.3, -0.25) is 0 Å². The number of rotatable bonds is 2. The fraction of sp³-hybridized carbons (Fsp3) is 0.400. The molecule has 0 aromatic carbocycles. The van der Waals surface area contributed by atoms with Crippen LogP contribution in [0.3, 0.4) is 0 Å². The predicted molar refractivity (Wildman–Crippen MR) is 57.5 cm³/mol. The standard InChI is InChI=1S/C10H12ClN3/c1-7(2)14-9(6-11)13-8-4-3-5-12-10(8)14/h3-5,7H,6H2,1-2H3. The Labute approximate surface area is 87.7 Å². The fourth-order valence-electron chi connectivity index (χ4n) is 1.61. The van der Waals surface area contributed by atoms with Gasteiger partial charge < -0.3 is 4.57 Å². The highest BCUT2D eigenvalue weighted by Gasteiger charge is 2.12. The maximum Gasteiger partial charge on any atom is 0.160 e. The van der Waals surface area contributed by atoms with Gasteiger partial charge in [0.25, 0.3) is 0 Å². The SMILES string of the molecule is CC(C)n1c(CCl)nc2cccnc21. The Hall–Kier alpha value is -1.09. The Morgan fingerprint density at radius 2 is 2.29 bits per heavy atom. The molecule has 2 rings (SSSR count). The quantitative estimate of drug-likeness (QED) is 0.713. The zero-order valence-electron chi connectivity index (χ0n) is 8.24. The first-order chi connectivity index (χ1) is 6.74. The smallest absolute Gasteiger partial charge is 0.160 e. The van der Waals surface area contributed by atoms with Crippen LogP contribution in [-0.2, 0) is 5.88 Å². The Bertz CT molecular complexity index is 448. The molecule has 2 heterocycles. The minimum Gasteiger partial charge on any atom is -0.309 e. The van der Waals surface area contributed by atoms with E-state index in [0.717, 1.165) is 17.0 Å². The maximum absolute atomic E-state index is 5.84. The van der Waals surface area contributed by atoms with Crippen molar-refractivity contribution in [3.8, 4) is 0 Å². The summed E-state index contributed by atoms with van der Waals surface area (Å²) in [5, 5.41) is 0. The van der Waals surface area contributed by atoms with E-state index in [2.05, 4.69) is 28.4 Å².